The molecule has 6 heteroatoms. The second-order valence-corrected chi connectivity index (χ2v) is 5.56. The molecule has 0 unspecified atom stereocenters. The molecule has 1 N–H and O–H groups in total. The molecule has 1 aromatic heterocycles. The summed E-state index contributed by atoms with van der Waals surface area (Å²) in [6.45, 7) is 2.95. The molecule has 0 radical (unpaired) electrons. The lowest BCUT2D eigenvalue weighted by atomic mass is 10.2. The van der Waals surface area contributed by atoms with E-state index in [1.807, 2.05) is 20.0 Å². The number of rotatable bonds is 5. The minimum absolute atomic E-state index is 0.280. The van der Waals surface area contributed by atoms with Crippen molar-refractivity contribution in [3.8, 4) is 5.75 Å². The van der Waals surface area contributed by atoms with E-state index in [-0.39, 0.29) is 6.61 Å². The molecule has 0 spiro atoms. The average Bonchev–Trinajstić information content (AvgIpc) is 2.74. The van der Waals surface area contributed by atoms with Crippen LogP contribution in [0.3, 0.4) is 0 Å². The topological polar surface area (TPSA) is 34.4 Å². The van der Waals surface area contributed by atoms with Gasteiger partial charge < -0.3 is 14.5 Å². The lowest BCUT2D eigenvalue weighted by molar-refractivity contribution is 0.265. The molecule has 0 fully saturated rings. The average molecular weight is 335 g/mol. The third-order valence-electron chi connectivity index (χ3n) is 2.75. The van der Waals surface area contributed by atoms with Crippen molar-refractivity contribution in [2.45, 2.75) is 20.1 Å². The predicted octanol–water partition coefficient (Wildman–Crippen LogP) is 4.85. The molecular weight excluding hydrogens is 321 g/mol. The second kappa shape index (κ2) is 6.72. The van der Waals surface area contributed by atoms with Gasteiger partial charge in [0.2, 0.25) is 0 Å². The van der Waals surface area contributed by atoms with Gasteiger partial charge in [0.25, 0.3) is 0 Å². The van der Waals surface area contributed by atoms with Gasteiger partial charge >= 0.3 is 0 Å². The number of halogens is 3. The summed E-state index contributed by atoms with van der Waals surface area (Å²) in [5.74, 6) is 2.10. The normalized spacial score (nSPS) is 10.8. The maximum atomic E-state index is 6.05. The number of hydrogen-bond acceptors (Lipinski definition) is 3. The Hall–Kier alpha value is -0.870. The summed E-state index contributed by atoms with van der Waals surface area (Å²) in [5, 5.41) is 4.26. The zero-order chi connectivity index (χ0) is 14.7. The van der Waals surface area contributed by atoms with E-state index in [0.29, 0.717) is 27.4 Å². The van der Waals surface area contributed by atoms with Gasteiger partial charge in [-0.05, 0) is 31.7 Å². The van der Waals surface area contributed by atoms with Crippen LogP contribution in [0, 0.1) is 6.92 Å². The molecule has 1 heterocycles. The largest absolute Gasteiger partial charge is 0.484 e. The van der Waals surface area contributed by atoms with Gasteiger partial charge in [0.15, 0.2) is 0 Å². The van der Waals surface area contributed by atoms with Gasteiger partial charge in [0.05, 0.1) is 21.6 Å². The molecule has 0 atom stereocenters. The van der Waals surface area contributed by atoms with Crippen LogP contribution in [-0.4, -0.2) is 7.05 Å². The van der Waals surface area contributed by atoms with E-state index in [0.717, 1.165) is 17.1 Å². The van der Waals surface area contributed by atoms with Crippen LogP contribution in [0.5, 0.6) is 5.75 Å². The molecule has 0 amide bonds. The Morgan fingerprint density at radius 3 is 2.50 bits per heavy atom. The molecule has 2 aromatic rings. The zero-order valence-corrected chi connectivity index (χ0v) is 13.4. The highest BCUT2D eigenvalue weighted by molar-refractivity contribution is 6.43. The summed E-state index contributed by atoms with van der Waals surface area (Å²) in [6.07, 6.45) is 0. The molecule has 1 aromatic carbocycles. The summed E-state index contributed by atoms with van der Waals surface area (Å²) in [5.41, 5.74) is 1.08. The van der Waals surface area contributed by atoms with Crippen molar-refractivity contribution >= 4 is 34.8 Å². The van der Waals surface area contributed by atoms with Crippen molar-refractivity contribution in [1.82, 2.24) is 5.32 Å². The monoisotopic (exact) mass is 333 g/mol. The van der Waals surface area contributed by atoms with Crippen molar-refractivity contribution in [2.24, 2.45) is 0 Å². The van der Waals surface area contributed by atoms with Gasteiger partial charge in [-0.25, -0.2) is 0 Å². The zero-order valence-electron chi connectivity index (χ0n) is 11.1. The molecule has 0 saturated carbocycles. The van der Waals surface area contributed by atoms with Gasteiger partial charge in [0.1, 0.15) is 23.9 Å². The van der Waals surface area contributed by atoms with E-state index in [1.54, 1.807) is 12.1 Å². The van der Waals surface area contributed by atoms with Crippen molar-refractivity contribution in [3.63, 3.8) is 0 Å². The Morgan fingerprint density at radius 2 is 1.80 bits per heavy atom. The van der Waals surface area contributed by atoms with Crippen LogP contribution in [-0.2, 0) is 13.2 Å². The van der Waals surface area contributed by atoms with E-state index in [4.69, 9.17) is 44.0 Å². The van der Waals surface area contributed by atoms with Crippen molar-refractivity contribution < 1.29 is 9.15 Å². The first-order valence-corrected chi connectivity index (χ1v) is 7.14. The Balaban J connectivity index is 2.09. The van der Waals surface area contributed by atoms with Crippen LogP contribution < -0.4 is 10.1 Å². The molecule has 108 valence electrons. The fraction of sp³-hybridized carbons (Fsp3) is 0.286. The maximum Gasteiger partial charge on any atom is 0.146 e. The molecule has 0 aliphatic carbocycles. The van der Waals surface area contributed by atoms with Crippen LogP contribution in [0.2, 0.25) is 15.1 Å². The third-order valence-corrected chi connectivity index (χ3v) is 3.77. The molecule has 0 saturated heterocycles. The van der Waals surface area contributed by atoms with Crippen molar-refractivity contribution in [1.29, 1.82) is 0 Å². The molecule has 3 nitrogen and oxygen atoms in total. The lowest BCUT2D eigenvalue weighted by Gasteiger charge is -2.07. The van der Waals surface area contributed by atoms with Crippen molar-refractivity contribution in [3.05, 3.63) is 50.4 Å². The van der Waals surface area contributed by atoms with Gasteiger partial charge in [-0.2, -0.15) is 0 Å². The highest BCUT2D eigenvalue weighted by Gasteiger charge is 2.10. The van der Waals surface area contributed by atoms with Gasteiger partial charge in [-0.1, -0.05) is 34.8 Å². The summed E-state index contributed by atoms with van der Waals surface area (Å²) >= 11 is 17.8. The van der Waals surface area contributed by atoms with E-state index < -0.39 is 0 Å². The van der Waals surface area contributed by atoms with E-state index >= 15 is 0 Å². The SMILES string of the molecule is CNCc1oc(COc2cc(Cl)c(Cl)cc2Cl)cc1C. The van der Waals surface area contributed by atoms with Crippen LogP contribution in [0.1, 0.15) is 17.1 Å². The van der Waals surface area contributed by atoms with Crippen LogP contribution >= 0.6 is 34.8 Å². The summed E-state index contributed by atoms with van der Waals surface area (Å²) in [6, 6.07) is 5.09. The highest BCUT2D eigenvalue weighted by Crippen LogP contribution is 2.34. The predicted molar refractivity (Wildman–Crippen MR) is 82.0 cm³/mol. The maximum absolute atomic E-state index is 6.05. The van der Waals surface area contributed by atoms with E-state index in [1.165, 1.54) is 0 Å². The van der Waals surface area contributed by atoms with Gasteiger partial charge in [-0.3, -0.25) is 0 Å². The van der Waals surface area contributed by atoms with Crippen LogP contribution in [0.4, 0.5) is 0 Å². The molecular formula is C14H14Cl3NO2. The fourth-order valence-corrected chi connectivity index (χ4v) is 2.35. The number of furan rings is 1. The van der Waals surface area contributed by atoms with Crippen LogP contribution in [0.25, 0.3) is 0 Å². The summed E-state index contributed by atoms with van der Waals surface area (Å²) < 4.78 is 11.3. The number of benzene rings is 1. The van der Waals surface area contributed by atoms with E-state index in [2.05, 4.69) is 5.32 Å². The first-order valence-electron chi connectivity index (χ1n) is 6.01. The van der Waals surface area contributed by atoms with E-state index in [9.17, 15) is 0 Å². The summed E-state index contributed by atoms with van der Waals surface area (Å²) in [7, 11) is 1.87. The number of ether oxygens (including phenoxy) is 1. The first-order chi connectivity index (χ1) is 9.51. The molecule has 20 heavy (non-hydrogen) atoms. The Bertz CT molecular complexity index is 611. The Kier molecular flexibility index (Phi) is 5.22. The summed E-state index contributed by atoms with van der Waals surface area (Å²) in [4.78, 5) is 0. The molecule has 0 bridgehead atoms. The standard InChI is InChI=1S/C14H14Cl3NO2/c1-8-3-9(20-14(8)6-18-2)7-19-13-5-11(16)10(15)4-12(13)17/h3-5,18H,6-7H2,1-2H3. The number of nitrogens with one attached hydrogen (secondary N) is 1. The molecule has 0 aliphatic rings. The molecule has 0 aliphatic heterocycles. The lowest BCUT2D eigenvalue weighted by Crippen LogP contribution is -2.04. The molecule has 2 rings (SSSR count). The fourth-order valence-electron chi connectivity index (χ4n) is 1.76. The minimum atomic E-state index is 0.280. The van der Waals surface area contributed by atoms with Crippen molar-refractivity contribution in [2.75, 3.05) is 7.05 Å². The number of aryl methyl sites for hydroxylation is 1. The van der Waals surface area contributed by atoms with Gasteiger partial charge in [0, 0.05) is 6.07 Å². The Morgan fingerprint density at radius 1 is 1.10 bits per heavy atom. The smallest absolute Gasteiger partial charge is 0.146 e. The van der Waals surface area contributed by atoms with Crippen LogP contribution in [0.15, 0.2) is 22.6 Å². The minimum Gasteiger partial charge on any atom is -0.484 e. The number of hydrogen-bond donors (Lipinski definition) is 1. The highest BCUT2D eigenvalue weighted by atomic mass is 35.5. The quantitative estimate of drug-likeness (QED) is 0.794. The van der Waals surface area contributed by atoms with Gasteiger partial charge in [-0.15, -0.1) is 0 Å². The first kappa shape index (κ1) is 15.5. The Labute approximate surface area is 132 Å². The second-order valence-electron chi connectivity index (χ2n) is 4.33. The third kappa shape index (κ3) is 3.61.